The number of amides is 3. The molecule has 1 saturated heterocycles. The van der Waals surface area contributed by atoms with E-state index in [1.165, 1.54) is 24.3 Å². The summed E-state index contributed by atoms with van der Waals surface area (Å²) in [7, 11) is 0. The van der Waals surface area contributed by atoms with Crippen molar-refractivity contribution in [2.24, 2.45) is 0 Å². The summed E-state index contributed by atoms with van der Waals surface area (Å²) in [5, 5.41) is 11.5. The summed E-state index contributed by atoms with van der Waals surface area (Å²) >= 11 is 0. The first kappa shape index (κ1) is 17.4. The smallest absolute Gasteiger partial charge is 0.325 e. The van der Waals surface area contributed by atoms with Crippen LogP contribution in [0.4, 0.5) is 9.18 Å². The van der Waals surface area contributed by atoms with Gasteiger partial charge in [-0.05, 0) is 42.8 Å². The van der Waals surface area contributed by atoms with Crippen LogP contribution in [0.25, 0.3) is 0 Å². The Bertz CT molecular complexity index is 892. The molecule has 1 fully saturated rings. The zero-order chi connectivity index (χ0) is 18.7. The van der Waals surface area contributed by atoms with Crippen LogP contribution in [0, 0.1) is 17.1 Å². The number of benzene rings is 2. The summed E-state index contributed by atoms with van der Waals surface area (Å²) in [6.07, 6.45) is 0. The third-order valence-electron chi connectivity index (χ3n) is 4.24. The number of nitriles is 1. The number of hydrogen-bond donors (Lipinski definition) is 1. The van der Waals surface area contributed by atoms with Crippen molar-refractivity contribution in [1.29, 1.82) is 5.26 Å². The molecule has 1 N–H and O–H groups in total. The van der Waals surface area contributed by atoms with E-state index in [2.05, 4.69) is 5.32 Å². The molecule has 0 spiro atoms. The molecule has 6 nitrogen and oxygen atoms in total. The highest BCUT2D eigenvalue weighted by atomic mass is 19.1. The van der Waals surface area contributed by atoms with Gasteiger partial charge in [0.2, 0.25) is 0 Å². The number of carbonyl (C=O) groups excluding carboxylic acids is 2. The highest BCUT2D eigenvalue weighted by molar-refractivity contribution is 6.07. The molecule has 1 aliphatic heterocycles. The number of nitrogens with zero attached hydrogens (tertiary/aromatic N) is 2. The maximum atomic E-state index is 13.1. The Morgan fingerprint density at radius 2 is 1.96 bits per heavy atom. The lowest BCUT2D eigenvalue weighted by atomic mass is 9.92. The summed E-state index contributed by atoms with van der Waals surface area (Å²) < 4.78 is 18.6. The summed E-state index contributed by atoms with van der Waals surface area (Å²) in [6, 6.07) is 13.5. The second kappa shape index (κ2) is 6.84. The fourth-order valence-corrected chi connectivity index (χ4v) is 2.79. The van der Waals surface area contributed by atoms with Gasteiger partial charge in [-0.25, -0.2) is 9.18 Å². The first-order valence-corrected chi connectivity index (χ1v) is 7.97. The van der Waals surface area contributed by atoms with Gasteiger partial charge in [0.25, 0.3) is 5.91 Å². The first-order chi connectivity index (χ1) is 12.4. The van der Waals surface area contributed by atoms with Crippen molar-refractivity contribution < 1.29 is 18.7 Å². The lowest BCUT2D eigenvalue weighted by molar-refractivity contribution is -0.131. The van der Waals surface area contributed by atoms with E-state index in [4.69, 9.17) is 10.00 Å². The third kappa shape index (κ3) is 3.22. The predicted octanol–water partition coefficient (Wildman–Crippen LogP) is 2.54. The molecule has 0 aliphatic carbocycles. The molecule has 0 radical (unpaired) electrons. The average Bonchev–Trinajstić information content (AvgIpc) is 2.86. The Kier molecular flexibility index (Phi) is 4.59. The molecule has 7 heteroatoms. The van der Waals surface area contributed by atoms with Gasteiger partial charge in [-0.2, -0.15) is 5.26 Å². The van der Waals surface area contributed by atoms with Crippen molar-refractivity contribution in [2.75, 3.05) is 13.2 Å². The van der Waals surface area contributed by atoms with Crippen LogP contribution in [0.15, 0.2) is 48.5 Å². The van der Waals surface area contributed by atoms with Crippen LogP contribution in [0.1, 0.15) is 18.1 Å². The van der Waals surface area contributed by atoms with Gasteiger partial charge >= 0.3 is 6.03 Å². The second-order valence-corrected chi connectivity index (χ2v) is 6.01. The Morgan fingerprint density at radius 3 is 2.65 bits per heavy atom. The van der Waals surface area contributed by atoms with Gasteiger partial charge in [0.1, 0.15) is 23.7 Å². The zero-order valence-electron chi connectivity index (χ0n) is 14.0. The van der Waals surface area contributed by atoms with E-state index in [-0.39, 0.29) is 13.2 Å². The molecule has 0 unspecified atom stereocenters. The van der Waals surface area contributed by atoms with Gasteiger partial charge in [0, 0.05) is 0 Å². The normalized spacial score (nSPS) is 19.2. The molecule has 3 rings (SSSR count). The lowest BCUT2D eigenvalue weighted by Gasteiger charge is -2.22. The molecule has 2 aromatic rings. The first-order valence-electron chi connectivity index (χ1n) is 7.97. The molecule has 132 valence electrons. The van der Waals surface area contributed by atoms with Crippen LogP contribution in [0.3, 0.4) is 0 Å². The minimum Gasteiger partial charge on any atom is -0.492 e. The van der Waals surface area contributed by atoms with Gasteiger partial charge in [-0.1, -0.05) is 18.2 Å². The van der Waals surface area contributed by atoms with E-state index in [1.54, 1.807) is 31.2 Å². The van der Waals surface area contributed by atoms with E-state index in [0.29, 0.717) is 16.9 Å². The van der Waals surface area contributed by atoms with Gasteiger partial charge in [0.15, 0.2) is 0 Å². The molecule has 0 aromatic heterocycles. The summed E-state index contributed by atoms with van der Waals surface area (Å²) in [5.41, 5.74) is -0.283. The van der Waals surface area contributed by atoms with Crippen LogP contribution < -0.4 is 10.1 Å². The minimum absolute atomic E-state index is 0.0538. The highest BCUT2D eigenvalue weighted by Gasteiger charge is 2.48. The third-order valence-corrected chi connectivity index (χ3v) is 4.24. The fraction of sp³-hybridized carbons (Fsp3) is 0.211. The van der Waals surface area contributed by atoms with Crippen molar-refractivity contribution in [3.8, 4) is 11.8 Å². The zero-order valence-corrected chi connectivity index (χ0v) is 14.0. The molecule has 0 bridgehead atoms. The van der Waals surface area contributed by atoms with Crippen LogP contribution in [-0.4, -0.2) is 30.0 Å². The maximum Gasteiger partial charge on any atom is 0.325 e. The van der Waals surface area contributed by atoms with Crippen molar-refractivity contribution in [1.82, 2.24) is 10.2 Å². The van der Waals surface area contributed by atoms with E-state index >= 15 is 0 Å². The molecular weight excluding hydrogens is 337 g/mol. The standard InChI is InChI=1S/C19H16FN3O3/c1-19(14-5-7-15(20)8-6-14)17(24)23(18(25)22-19)9-10-26-16-4-2-3-13(11-16)12-21/h2-8,11H,9-10H2,1H3,(H,22,25)/t19-/m0/s1. The number of halogens is 1. The van der Waals surface area contributed by atoms with E-state index in [1.807, 2.05) is 6.07 Å². The van der Waals surface area contributed by atoms with Crippen LogP contribution in [-0.2, 0) is 10.3 Å². The second-order valence-electron chi connectivity index (χ2n) is 6.01. The van der Waals surface area contributed by atoms with E-state index in [9.17, 15) is 14.0 Å². The summed E-state index contributed by atoms with van der Waals surface area (Å²) in [4.78, 5) is 26.0. The summed E-state index contributed by atoms with van der Waals surface area (Å²) in [5.74, 6) is -0.361. The Balaban J connectivity index is 1.67. The number of hydrogen-bond acceptors (Lipinski definition) is 4. The molecule has 26 heavy (non-hydrogen) atoms. The van der Waals surface area contributed by atoms with Crippen LogP contribution in [0.5, 0.6) is 5.75 Å². The minimum atomic E-state index is -1.24. The number of ether oxygens (including phenoxy) is 1. The summed E-state index contributed by atoms with van der Waals surface area (Å²) in [6.45, 7) is 1.73. The number of imide groups is 1. The number of nitrogens with one attached hydrogen (secondary N) is 1. The van der Waals surface area contributed by atoms with Crippen molar-refractivity contribution >= 4 is 11.9 Å². The molecule has 3 amide bonds. The molecule has 1 atom stereocenters. The molecule has 1 heterocycles. The number of urea groups is 1. The van der Waals surface area contributed by atoms with Crippen LogP contribution in [0.2, 0.25) is 0 Å². The van der Waals surface area contributed by atoms with Crippen molar-refractivity contribution in [2.45, 2.75) is 12.5 Å². The van der Waals surface area contributed by atoms with Gasteiger partial charge in [-0.15, -0.1) is 0 Å². The van der Waals surface area contributed by atoms with Crippen molar-refractivity contribution in [3.63, 3.8) is 0 Å². The SMILES string of the molecule is C[C@@]1(c2ccc(F)cc2)NC(=O)N(CCOc2cccc(C#N)c2)C1=O. The van der Waals surface area contributed by atoms with Gasteiger partial charge in [-0.3, -0.25) is 9.69 Å². The topological polar surface area (TPSA) is 82.4 Å². The highest BCUT2D eigenvalue weighted by Crippen LogP contribution is 2.28. The van der Waals surface area contributed by atoms with E-state index in [0.717, 1.165) is 4.90 Å². The Morgan fingerprint density at radius 1 is 1.23 bits per heavy atom. The largest absolute Gasteiger partial charge is 0.492 e. The van der Waals surface area contributed by atoms with Gasteiger partial charge in [0.05, 0.1) is 18.2 Å². The van der Waals surface area contributed by atoms with Crippen LogP contribution >= 0.6 is 0 Å². The Labute approximate surface area is 149 Å². The average molecular weight is 353 g/mol. The molecule has 2 aromatic carbocycles. The maximum absolute atomic E-state index is 13.1. The Hall–Kier alpha value is -3.40. The monoisotopic (exact) mass is 353 g/mol. The van der Waals surface area contributed by atoms with E-state index < -0.39 is 23.3 Å². The fourth-order valence-electron chi connectivity index (χ4n) is 2.79. The predicted molar refractivity (Wildman–Crippen MR) is 90.6 cm³/mol. The lowest BCUT2D eigenvalue weighted by Crippen LogP contribution is -2.41. The molecular formula is C19H16FN3O3. The molecule has 0 saturated carbocycles. The quantitative estimate of drug-likeness (QED) is 0.838. The number of carbonyl (C=O) groups is 2. The number of rotatable bonds is 5. The van der Waals surface area contributed by atoms with Crippen molar-refractivity contribution in [3.05, 3.63) is 65.5 Å². The van der Waals surface area contributed by atoms with Gasteiger partial charge < -0.3 is 10.1 Å². The molecule has 1 aliphatic rings.